The minimum Gasteiger partial charge on any atom is -0.392 e. The lowest BCUT2D eigenvalue weighted by Gasteiger charge is -2.37. The minimum atomic E-state index is -0.0498. The maximum atomic E-state index is 10.3. The number of hydrogen-bond acceptors (Lipinski definition) is 1. The van der Waals surface area contributed by atoms with E-state index >= 15 is 0 Å². The smallest absolute Gasteiger partial charge is 0.0629 e. The van der Waals surface area contributed by atoms with Crippen LogP contribution in [0.3, 0.4) is 0 Å². The molecule has 2 aliphatic carbocycles. The van der Waals surface area contributed by atoms with Gasteiger partial charge in [-0.1, -0.05) is 34.1 Å². The minimum absolute atomic E-state index is 0.0498. The van der Waals surface area contributed by atoms with E-state index in [9.17, 15) is 5.11 Å². The van der Waals surface area contributed by atoms with Crippen molar-refractivity contribution in [1.82, 2.24) is 0 Å². The highest BCUT2D eigenvalue weighted by Crippen LogP contribution is 2.68. The Morgan fingerprint density at radius 3 is 2.23 bits per heavy atom. The molecule has 2 aliphatic rings. The Morgan fingerprint density at radius 1 is 1.31 bits per heavy atom. The Morgan fingerprint density at radius 2 is 1.92 bits per heavy atom. The van der Waals surface area contributed by atoms with Crippen LogP contribution in [0.1, 0.15) is 47.0 Å². The standard InChI is InChI=1S/C12H22O/c1-5-8-9-6-7-12(4,10(8)13)11(9,2)3/h8-10,13H,5-7H2,1-4H3. The number of aliphatic hydroxyl groups is 1. The first-order valence-electron chi connectivity index (χ1n) is 5.63. The highest BCUT2D eigenvalue weighted by atomic mass is 16.3. The normalized spacial score (nSPS) is 52.8. The van der Waals surface area contributed by atoms with Crippen molar-refractivity contribution in [3.63, 3.8) is 0 Å². The highest BCUT2D eigenvalue weighted by Gasteiger charge is 2.64. The van der Waals surface area contributed by atoms with E-state index < -0.39 is 0 Å². The molecule has 0 radical (unpaired) electrons. The molecule has 0 amide bonds. The number of hydrogen-bond donors (Lipinski definition) is 1. The van der Waals surface area contributed by atoms with Crippen LogP contribution in [0.25, 0.3) is 0 Å². The summed E-state index contributed by atoms with van der Waals surface area (Å²) in [5, 5.41) is 10.3. The summed E-state index contributed by atoms with van der Waals surface area (Å²) in [7, 11) is 0. The molecule has 0 spiro atoms. The number of aliphatic hydroxyl groups excluding tert-OH is 1. The molecule has 1 heteroatoms. The van der Waals surface area contributed by atoms with Crippen LogP contribution in [0.2, 0.25) is 0 Å². The molecule has 0 aromatic carbocycles. The zero-order chi connectivity index (χ0) is 9.85. The van der Waals surface area contributed by atoms with Crippen molar-refractivity contribution < 1.29 is 5.11 Å². The molecule has 4 unspecified atom stereocenters. The van der Waals surface area contributed by atoms with Crippen LogP contribution in [-0.4, -0.2) is 11.2 Å². The molecule has 0 heterocycles. The second kappa shape index (κ2) is 2.50. The Kier molecular flexibility index (Phi) is 1.83. The Hall–Kier alpha value is -0.0400. The summed E-state index contributed by atoms with van der Waals surface area (Å²) in [6.07, 6.45) is 3.65. The lowest BCUT2D eigenvalue weighted by molar-refractivity contribution is -0.0110. The third-order valence-corrected chi connectivity index (χ3v) is 5.42. The third kappa shape index (κ3) is 0.869. The predicted molar refractivity (Wildman–Crippen MR) is 54.4 cm³/mol. The molecule has 2 bridgehead atoms. The maximum absolute atomic E-state index is 10.3. The molecule has 0 aliphatic heterocycles. The van der Waals surface area contributed by atoms with Crippen LogP contribution in [0, 0.1) is 22.7 Å². The van der Waals surface area contributed by atoms with Crippen molar-refractivity contribution in [1.29, 1.82) is 0 Å². The molecule has 0 saturated heterocycles. The summed E-state index contributed by atoms with van der Waals surface area (Å²) in [5.41, 5.74) is 0.547. The quantitative estimate of drug-likeness (QED) is 0.661. The van der Waals surface area contributed by atoms with Gasteiger partial charge in [0.15, 0.2) is 0 Å². The van der Waals surface area contributed by atoms with Gasteiger partial charge in [0.2, 0.25) is 0 Å². The molecule has 2 saturated carbocycles. The van der Waals surface area contributed by atoms with E-state index in [1.807, 2.05) is 0 Å². The Balaban J connectivity index is 2.39. The van der Waals surface area contributed by atoms with Crippen molar-refractivity contribution >= 4 is 0 Å². The molecule has 76 valence electrons. The molecule has 0 aromatic heterocycles. The van der Waals surface area contributed by atoms with E-state index in [1.54, 1.807) is 0 Å². The highest BCUT2D eigenvalue weighted by molar-refractivity contribution is 5.13. The van der Waals surface area contributed by atoms with Gasteiger partial charge in [-0.3, -0.25) is 0 Å². The summed E-state index contributed by atoms with van der Waals surface area (Å²) >= 11 is 0. The van der Waals surface area contributed by atoms with Gasteiger partial charge in [0.25, 0.3) is 0 Å². The van der Waals surface area contributed by atoms with Gasteiger partial charge in [0, 0.05) is 0 Å². The molecular weight excluding hydrogens is 160 g/mol. The van der Waals surface area contributed by atoms with Crippen molar-refractivity contribution in [2.45, 2.75) is 53.1 Å². The topological polar surface area (TPSA) is 20.2 Å². The first-order chi connectivity index (χ1) is 5.95. The van der Waals surface area contributed by atoms with Gasteiger partial charge in [-0.05, 0) is 35.5 Å². The van der Waals surface area contributed by atoms with E-state index in [0.717, 1.165) is 12.3 Å². The average molecular weight is 182 g/mol. The van der Waals surface area contributed by atoms with Crippen LogP contribution in [-0.2, 0) is 0 Å². The van der Waals surface area contributed by atoms with Crippen LogP contribution >= 0.6 is 0 Å². The average Bonchev–Trinajstić information content (AvgIpc) is 2.36. The predicted octanol–water partition coefficient (Wildman–Crippen LogP) is 2.83. The van der Waals surface area contributed by atoms with Crippen molar-refractivity contribution in [3.05, 3.63) is 0 Å². The van der Waals surface area contributed by atoms with Gasteiger partial charge in [0.05, 0.1) is 6.10 Å². The zero-order valence-electron chi connectivity index (χ0n) is 9.30. The first kappa shape index (κ1) is 9.51. The largest absolute Gasteiger partial charge is 0.392 e. The lowest BCUT2D eigenvalue weighted by atomic mass is 9.70. The molecule has 1 nitrogen and oxygen atoms in total. The second-order valence-corrected chi connectivity index (χ2v) is 5.80. The first-order valence-corrected chi connectivity index (χ1v) is 5.63. The molecular formula is C12H22O. The molecule has 2 fully saturated rings. The van der Waals surface area contributed by atoms with Gasteiger partial charge in [-0.25, -0.2) is 0 Å². The molecule has 4 atom stereocenters. The van der Waals surface area contributed by atoms with Gasteiger partial charge in [-0.15, -0.1) is 0 Å². The van der Waals surface area contributed by atoms with Crippen LogP contribution in [0.4, 0.5) is 0 Å². The van der Waals surface area contributed by atoms with Crippen LogP contribution in [0.5, 0.6) is 0 Å². The number of rotatable bonds is 1. The van der Waals surface area contributed by atoms with Gasteiger partial charge in [0.1, 0.15) is 0 Å². The van der Waals surface area contributed by atoms with E-state index in [-0.39, 0.29) is 11.5 Å². The third-order valence-electron chi connectivity index (χ3n) is 5.42. The van der Waals surface area contributed by atoms with E-state index in [0.29, 0.717) is 11.3 Å². The Bertz CT molecular complexity index is 221. The summed E-state index contributed by atoms with van der Waals surface area (Å²) in [4.78, 5) is 0. The monoisotopic (exact) mass is 182 g/mol. The molecule has 0 aromatic rings. The van der Waals surface area contributed by atoms with E-state index in [4.69, 9.17) is 0 Å². The molecule has 1 N–H and O–H groups in total. The number of fused-ring (bicyclic) bond motifs is 2. The SMILES string of the molecule is CCC1C2CCC(C)(C1O)C2(C)C. The summed E-state index contributed by atoms with van der Waals surface area (Å²) in [6, 6.07) is 0. The lowest BCUT2D eigenvalue weighted by Crippen LogP contribution is -2.37. The van der Waals surface area contributed by atoms with Crippen molar-refractivity contribution in [2.75, 3.05) is 0 Å². The van der Waals surface area contributed by atoms with Gasteiger partial charge in [-0.2, -0.15) is 0 Å². The van der Waals surface area contributed by atoms with Gasteiger partial charge < -0.3 is 5.11 Å². The Labute approximate surface area is 81.5 Å². The van der Waals surface area contributed by atoms with E-state index in [1.165, 1.54) is 12.8 Å². The fraction of sp³-hybridized carbons (Fsp3) is 1.00. The van der Waals surface area contributed by atoms with Crippen molar-refractivity contribution in [3.8, 4) is 0 Å². The van der Waals surface area contributed by atoms with Crippen LogP contribution in [0.15, 0.2) is 0 Å². The maximum Gasteiger partial charge on any atom is 0.0629 e. The summed E-state index contributed by atoms with van der Waals surface area (Å²) in [5.74, 6) is 1.33. The summed E-state index contributed by atoms with van der Waals surface area (Å²) in [6.45, 7) is 9.20. The fourth-order valence-electron chi connectivity index (χ4n) is 4.04. The van der Waals surface area contributed by atoms with Crippen molar-refractivity contribution in [2.24, 2.45) is 22.7 Å². The molecule has 2 rings (SSSR count). The fourth-order valence-corrected chi connectivity index (χ4v) is 4.04. The van der Waals surface area contributed by atoms with Crippen LogP contribution < -0.4 is 0 Å². The molecule has 13 heavy (non-hydrogen) atoms. The summed E-state index contributed by atoms with van der Waals surface area (Å²) < 4.78 is 0. The van der Waals surface area contributed by atoms with E-state index in [2.05, 4.69) is 27.7 Å². The zero-order valence-corrected chi connectivity index (χ0v) is 9.30. The second-order valence-electron chi connectivity index (χ2n) is 5.80. The van der Waals surface area contributed by atoms with Gasteiger partial charge >= 0.3 is 0 Å².